The zero-order valence-electron chi connectivity index (χ0n) is 14.3. The van der Waals surface area contributed by atoms with Gasteiger partial charge in [0.25, 0.3) is 0 Å². The van der Waals surface area contributed by atoms with Crippen molar-refractivity contribution < 1.29 is 18.0 Å². The highest BCUT2D eigenvalue weighted by molar-refractivity contribution is 7.98. The van der Waals surface area contributed by atoms with E-state index in [4.69, 9.17) is 0 Å². The number of hydrogen-bond acceptors (Lipinski definition) is 4. The van der Waals surface area contributed by atoms with E-state index in [-0.39, 0.29) is 18.5 Å². The molecule has 10 heteroatoms. The predicted octanol–water partition coefficient (Wildman–Crippen LogP) is 0.609. The molecule has 0 bridgehead atoms. The molecule has 1 unspecified atom stereocenters. The van der Waals surface area contributed by atoms with Crippen LogP contribution in [0.4, 0.5) is 13.2 Å². The molecule has 1 aliphatic heterocycles. The molecular weight excluding hydrogens is 343 g/mol. The Morgan fingerprint density at radius 1 is 1.42 bits per heavy atom. The predicted molar refractivity (Wildman–Crippen MR) is 91.4 cm³/mol. The van der Waals surface area contributed by atoms with Gasteiger partial charge in [-0.25, -0.2) is 4.99 Å². The molecule has 0 saturated carbocycles. The monoisotopic (exact) mass is 369 g/mol. The fraction of sp³-hybridized carbons (Fsp3) is 0.857. The fourth-order valence-corrected chi connectivity index (χ4v) is 2.56. The van der Waals surface area contributed by atoms with Gasteiger partial charge in [-0.3, -0.25) is 9.69 Å². The van der Waals surface area contributed by atoms with Gasteiger partial charge in [0.2, 0.25) is 5.91 Å². The molecule has 1 rings (SSSR count). The standard InChI is InChI=1S/C14H26F3N5OS/c1-21(2)12(23)8-19-13(18-5-7-24-3)20-11-4-6-22(9-11)10-14(15,16)17/h11H,4-10H2,1-3H3,(H2,18,19,20). The minimum atomic E-state index is -4.18. The van der Waals surface area contributed by atoms with Gasteiger partial charge in [0.1, 0.15) is 6.54 Å². The number of alkyl halides is 3. The van der Waals surface area contributed by atoms with Gasteiger partial charge >= 0.3 is 6.18 Å². The largest absolute Gasteiger partial charge is 0.401 e. The summed E-state index contributed by atoms with van der Waals surface area (Å²) in [5.74, 6) is 1.21. The molecule has 0 aromatic carbocycles. The maximum Gasteiger partial charge on any atom is 0.401 e. The zero-order valence-corrected chi connectivity index (χ0v) is 15.1. The summed E-state index contributed by atoms with van der Waals surface area (Å²) in [6, 6.07) is -0.109. The normalized spacial score (nSPS) is 19.4. The van der Waals surface area contributed by atoms with Gasteiger partial charge in [0, 0.05) is 45.5 Å². The van der Waals surface area contributed by atoms with Crippen molar-refractivity contribution in [1.29, 1.82) is 0 Å². The van der Waals surface area contributed by atoms with Crippen molar-refractivity contribution >= 4 is 23.6 Å². The van der Waals surface area contributed by atoms with Crippen molar-refractivity contribution in [2.45, 2.75) is 18.6 Å². The molecule has 0 spiro atoms. The molecule has 2 N–H and O–H groups in total. The number of carbonyl (C=O) groups is 1. The highest BCUT2D eigenvalue weighted by atomic mass is 32.2. The number of nitrogens with one attached hydrogen (secondary N) is 2. The van der Waals surface area contributed by atoms with Crippen molar-refractivity contribution in [1.82, 2.24) is 20.4 Å². The van der Waals surface area contributed by atoms with Gasteiger partial charge in [-0.15, -0.1) is 0 Å². The summed E-state index contributed by atoms with van der Waals surface area (Å²) >= 11 is 1.67. The Bertz CT molecular complexity index is 431. The number of guanidine groups is 1. The molecule has 1 aliphatic rings. The number of nitrogens with zero attached hydrogens (tertiary/aromatic N) is 3. The molecule has 1 amide bonds. The van der Waals surface area contributed by atoms with Crippen molar-refractivity contribution in [2.75, 3.05) is 58.8 Å². The van der Waals surface area contributed by atoms with E-state index < -0.39 is 12.7 Å². The second kappa shape index (κ2) is 9.97. The third-order valence-electron chi connectivity index (χ3n) is 3.49. The quantitative estimate of drug-likeness (QED) is 0.391. The third kappa shape index (κ3) is 8.62. The van der Waals surface area contributed by atoms with Crippen molar-refractivity contribution in [3.8, 4) is 0 Å². The van der Waals surface area contributed by atoms with E-state index in [0.717, 1.165) is 5.75 Å². The maximum absolute atomic E-state index is 12.4. The second-order valence-electron chi connectivity index (χ2n) is 5.85. The minimum Gasteiger partial charge on any atom is -0.356 e. The molecule has 24 heavy (non-hydrogen) atoms. The summed E-state index contributed by atoms with van der Waals surface area (Å²) in [4.78, 5) is 18.7. The number of likely N-dealkylation sites (tertiary alicyclic amines) is 1. The molecule has 0 radical (unpaired) electrons. The number of carbonyl (C=O) groups excluding carboxylic acids is 1. The lowest BCUT2D eigenvalue weighted by Crippen LogP contribution is -2.46. The molecule has 0 aromatic rings. The Morgan fingerprint density at radius 3 is 2.71 bits per heavy atom. The van der Waals surface area contributed by atoms with Gasteiger partial charge in [0.15, 0.2) is 5.96 Å². The van der Waals surface area contributed by atoms with Crippen molar-refractivity contribution in [3.63, 3.8) is 0 Å². The summed E-state index contributed by atoms with van der Waals surface area (Å²) in [5.41, 5.74) is 0. The van der Waals surface area contributed by atoms with E-state index in [9.17, 15) is 18.0 Å². The number of likely N-dealkylation sites (N-methyl/N-ethyl adjacent to an activating group) is 1. The zero-order chi connectivity index (χ0) is 18.2. The lowest BCUT2D eigenvalue weighted by molar-refractivity contribution is -0.143. The van der Waals surface area contributed by atoms with Crippen LogP contribution in [0, 0.1) is 0 Å². The first-order valence-corrected chi connectivity index (χ1v) is 9.13. The lowest BCUT2D eigenvalue weighted by Gasteiger charge is -2.20. The van der Waals surface area contributed by atoms with E-state index in [1.807, 2.05) is 6.26 Å². The van der Waals surface area contributed by atoms with Crippen LogP contribution in [0.5, 0.6) is 0 Å². The number of rotatable bonds is 7. The van der Waals surface area contributed by atoms with Gasteiger partial charge in [0.05, 0.1) is 6.54 Å². The second-order valence-corrected chi connectivity index (χ2v) is 6.84. The third-order valence-corrected chi connectivity index (χ3v) is 4.10. The molecule has 1 heterocycles. The van der Waals surface area contributed by atoms with Crippen molar-refractivity contribution in [3.05, 3.63) is 0 Å². The van der Waals surface area contributed by atoms with E-state index in [1.165, 1.54) is 9.80 Å². The van der Waals surface area contributed by atoms with Crippen LogP contribution in [0.2, 0.25) is 0 Å². The minimum absolute atomic E-state index is 0.000582. The Kier molecular flexibility index (Phi) is 8.68. The Hall–Kier alpha value is -1.16. The van der Waals surface area contributed by atoms with Gasteiger partial charge in [-0.2, -0.15) is 24.9 Å². The maximum atomic E-state index is 12.4. The Labute approximate surface area is 145 Å². The van der Waals surface area contributed by atoms with Crippen LogP contribution >= 0.6 is 11.8 Å². The molecular formula is C14H26F3N5OS. The summed E-state index contributed by atoms with van der Waals surface area (Å²) in [6.07, 6.45) is -1.59. The van der Waals surface area contributed by atoms with E-state index in [1.54, 1.807) is 25.9 Å². The SMILES string of the molecule is CSCCNC(=NCC(=O)N(C)C)NC1CCN(CC(F)(F)F)C1. The molecule has 0 aliphatic carbocycles. The van der Waals surface area contributed by atoms with Gasteiger partial charge < -0.3 is 15.5 Å². The summed E-state index contributed by atoms with van der Waals surface area (Å²) in [6.45, 7) is 0.482. The van der Waals surface area contributed by atoms with Crippen LogP contribution in [0.3, 0.4) is 0 Å². The number of thioether (sulfide) groups is 1. The molecule has 140 valence electrons. The van der Waals surface area contributed by atoms with E-state index in [0.29, 0.717) is 32.0 Å². The molecule has 0 aromatic heterocycles. The van der Waals surface area contributed by atoms with Crippen molar-refractivity contribution in [2.24, 2.45) is 4.99 Å². The first-order valence-electron chi connectivity index (χ1n) is 7.74. The first-order chi connectivity index (χ1) is 11.2. The first kappa shape index (κ1) is 20.9. The van der Waals surface area contributed by atoms with Crippen LogP contribution < -0.4 is 10.6 Å². The summed E-state index contributed by atoms with van der Waals surface area (Å²) in [7, 11) is 3.30. The highest BCUT2D eigenvalue weighted by Gasteiger charge is 2.34. The molecule has 1 atom stereocenters. The number of amides is 1. The van der Waals surface area contributed by atoms with Crippen LogP contribution in [-0.2, 0) is 4.79 Å². The average molecular weight is 369 g/mol. The molecule has 6 nitrogen and oxygen atoms in total. The fourth-order valence-electron chi connectivity index (χ4n) is 2.25. The van der Waals surface area contributed by atoms with Gasteiger partial charge in [-0.05, 0) is 12.7 Å². The van der Waals surface area contributed by atoms with Crippen LogP contribution in [0.1, 0.15) is 6.42 Å². The Morgan fingerprint density at radius 2 is 2.12 bits per heavy atom. The summed E-state index contributed by atoms with van der Waals surface area (Å²) in [5, 5.41) is 6.25. The highest BCUT2D eigenvalue weighted by Crippen LogP contribution is 2.19. The number of aliphatic imine (C=N–C) groups is 1. The van der Waals surface area contributed by atoms with Crippen LogP contribution in [0.25, 0.3) is 0 Å². The average Bonchev–Trinajstić information content (AvgIpc) is 2.89. The van der Waals surface area contributed by atoms with E-state index in [2.05, 4.69) is 15.6 Å². The van der Waals surface area contributed by atoms with E-state index >= 15 is 0 Å². The van der Waals surface area contributed by atoms with Crippen LogP contribution in [0.15, 0.2) is 4.99 Å². The summed E-state index contributed by atoms with van der Waals surface area (Å²) < 4.78 is 37.3. The topological polar surface area (TPSA) is 60.0 Å². The molecule has 1 saturated heterocycles. The molecule has 1 fully saturated rings. The number of hydrogen-bond donors (Lipinski definition) is 2. The lowest BCUT2D eigenvalue weighted by atomic mass is 10.3. The van der Waals surface area contributed by atoms with Crippen LogP contribution in [-0.4, -0.2) is 92.7 Å². The smallest absolute Gasteiger partial charge is 0.356 e. The van der Waals surface area contributed by atoms with Gasteiger partial charge in [-0.1, -0.05) is 0 Å². The Balaban J connectivity index is 2.55. The number of halogens is 3.